The predicted octanol–water partition coefficient (Wildman–Crippen LogP) is 1.23. The third-order valence-electron chi connectivity index (χ3n) is 3.36. The zero-order chi connectivity index (χ0) is 19.2. The first-order valence-corrected chi connectivity index (χ1v) is 8.10. The number of fused-ring (bicyclic) bond motifs is 1. The lowest BCUT2D eigenvalue weighted by molar-refractivity contribution is 0.371. The van der Waals surface area contributed by atoms with E-state index in [1.54, 1.807) is 0 Å². The standard InChI is InChI=1S/C15H10O10S/c16-8-2-1-6(3-9(8)17)15-14(20)13(19)12-10(18)4-7(5-11(12)24-15)25-26(21,22)23/h1-5,16-18,20H,(H,21,22,23). The molecule has 4 N–H and O–H groups in total. The maximum Gasteiger partial charge on any atom is 1.00 e. The fourth-order valence-electron chi connectivity index (χ4n) is 2.29. The van der Waals surface area contributed by atoms with E-state index in [0.29, 0.717) is 6.07 Å². The SMILES string of the molecule is O=c1c(O)c(-c2ccc(O)c(O)c2)oc2cc(OS(=O)(=O)[O-])cc(O)c12.[H+]. The molecule has 3 rings (SSSR count). The minimum atomic E-state index is -5.14. The predicted molar refractivity (Wildman–Crippen MR) is 86.0 cm³/mol. The molecule has 0 unspecified atom stereocenters. The summed E-state index contributed by atoms with van der Waals surface area (Å²) in [5, 5.41) is 38.3. The van der Waals surface area contributed by atoms with Crippen LogP contribution in [0.4, 0.5) is 0 Å². The Morgan fingerprint density at radius 1 is 1.00 bits per heavy atom. The van der Waals surface area contributed by atoms with Crippen molar-refractivity contribution in [3.8, 4) is 40.1 Å². The molecule has 3 aromatic rings. The Labute approximate surface area is 146 Å². The Morgan fingerprint density at radius 3 is 2.31 bits per heavy atom. The van der Waals surface area contributed by atoms with Crippen LogP contribution in [-0.2, 0) is 10.4 Å². The lowest BCUT2D eigenvalue weighted by Crippen LogP contribution is -2.08. The molecule has 26 heavy (non-hydrogen) atoms. The minimum Gasteiger partial charge on any atom is -0.716 e. The van der Waals surface area contributed by atoms with Gasteiger partial charge in [-0.1, -0.05) is 0 Å². The van der Waals surface area contributed by atoms with Gasteiger partial charge in [0.2, 0.25) is 11.2 Å². The van der Waals surface area contributed by atoms with E-state index in [4.69, 9.17) is 4.42 Å². The molecule has 0 radical (unpaired) electrons. The molecule has 0 saturated carbocycles. The molecule has 136 valence electrons. The number of benzene rings is 2. The Hall–Kier alpha value is -3.44. The van der Waals surface area contributed by atoms with E-state index in [1.807, 2.05) is 0 Å². The number of phenols is 3. The molecule has 0 aliphatic carbocycles. The number of hydrogen-bond donors (Lipinski definition) is 4. The van der Waals surface area contributed by atoms with Crippen molar-refractivity contribution in [2.24, 2.45) is 0 Å². The summed E-state index contributed by atoms with van der Waals surface area (Å²) >= 11 is 0. The first-order chi connectivity index (χ1) is 12.1. The van der Waals surface area contributed by atoms with Crippen LogP contribution in [0.3, 0.4) is 0 Å². The molecule has 0 atom stereocenters. The monoisotopic (exact) mass is 382 g/mol. The van der Waals surface area contributed by atoms with E-state index in [9.17, 15) is 38.2 Å². The fraction of sp³-hybridized carbons (Fsp3) is 0. The Morgan fingerprint density at radius 2 is 1.69 bits per heavy atom. The topological polar surface area (TPSA) is 178 Å². The summed E-state index contributed by atoms with van der Waals surface area (Å²) in [6.07, 6.45) is 0. The molecule has 0 aliphatic heterocycles. The Bertz CT molecular complexity index is 1200. The highest BCUT2D eigenvalue weighted by Gasteiger charge is 2.20. The van der Waals surface area contributed by atoms with Crippen molar-refractivity contribution in [1.29, 1.82) is 0 Å². The van der Waals surface area contributed by atoms with Crippen molar-refractivity contribution >= 4 is 21.4 Å². The zero-order valence-electron chi connectivity index (χ0n) is 13.5. The zero-order valence-corrected chi connectivity index (χ0v) is 13.3. The van der Waals surface area contributed by atoms with Gasteiger partial charge < -0.3 is 33.6 Å². The average Bonchev–Trinajstić information content (AvgIpc) is 2.51. The van der Waals surface area contributed by atoms with Gasteiger partial charge in [0.15, 0.2) is 17.3 Å². The van der Waals surface area contributed by atoms with Crippen LogP contribution in [0.2, 0.25) is 0 Å². The minimum absolute atomic E-state index is 0. The van der Waals surface area contributed by atoms with Crippen LogP contribution in [0.5, 0.6) is 28.7 Å². The quantitative estimate of drug-likeness (QED) is 0.292. The van der Waals surface area contributed by atoms with Crippen molar-refractivity contribution in [3.63, 3.8) is 0 Å². The van der Waals surface area contributed by atoms with E-state index < -0.39 is 61.3 Å². The van der Waals surface area contributed by atoms with Crippen molar-refractivity contribution in [3.05, 3.63) is 40.6 Å². The van der Waals surface area contributed by atoms with Gasteiger partial charge in [-0.2, -0.15) is 0 Å². The maximum absolute atomic E-state index is 12.3. The van der Waals surface area contributed by atoms with Gasteiger partial charge in [0.1, 0.15) is 22.5 Å². The summed E-state index contributed by atoms with van der Waals surface area (Å²) < 4.78 is 41.5. The third-order valence-corrected chi connectivity index (χ3v) is 3.76. The molecule has 11 heteroatoms. The second kappa shape index (κ2) is 5.82. The average molecular weight is 382 g/mol. The summed E-state index contributed by atoms with van der Waals surface area (Å²) in [5.41, 5.74) is -1.45. The second-order valence-electron chi connectivity index (χ2n) is 5.12. The molecule has 0 saturated heterocycles. The van der Waals surface area contributed by atoms with Gasteiger partial charge in [-0.25, -0.2) is 8.42 Å². The molecule has 0 bridgehead atoms. The summed E-state index contributed by atoms with van der Waals surface area (Å²) in [7, 11) is -5.14. The number of hydrogen-bond acceptors (Lipinski definition) is 10. The summed E-state index contributed by atoms with van der Waals surface area (Å²) in [5.74, 6) is -3.74. The largest absolute Gasteiger partial charge is 1.00 e. The van der Waals surface area contributed by atoms with Gasteiger partial charge in [-0.15, -0.1) is 0 Å². The van der Waals surface area contributed by atoms with E-state index in [2.05, 4.69) is 4.18 Å². The number of rotatable bonds is 3. The summed E-state index contributed by atoms with van der Waals surface area (Å²) in [4.78, 5) is 12.3. The normalized spacial score (nSPS) is 11.6. The lowest BCUT2D eigenvalue weighted by Gasteiger charge is -2.11. The Balaban J connectivity index is 0.00000261. The van der Waals surface area contributed by atoms with Crippen molar-refractivity contribution in [2.75, 3.05) is 0 Å². The second-order valence-corrected chi connectivity index (χ2v) is 6.10. The van der Waals surface area contributed by atoms with Crippen molar-refractivity contribution < 1.29 is 43.4 Å². The molecular weight excluding hydrogens is 372 g/mol. The van der Waals surface area contributed by atoms with Gasteiger partial charge in [-0.3, -0.25) is 4.79 Å². The van der Waals surface area contributed by atoms with Gasteiger partial charge in [0.05, 0.1) is 0 Å². The maximum atomic E-state index is 12.3. The molecular formula is C15H10O10S. The van der Waals surface area contributed by atoms with Crippen LogP contribution in [0.15, 0.2) is 39.5 Å². The van der Waals surface area contributed by atoms with E-state index in [0.717, 1.165) is 18.2 Å². The molecule has 2 aromatic carbocycles. The van der Waals surface area contributed by atoms with Gasteiger partial charge in [0.25, 0.3) is 10.4 Å². The van der Waals surface area contributed by atoms with Crippen molar-refractivity contribution in [1.82, 2.24) is 0 Å². The Kier molecular flexibility index (Phi) is 3.89. The smallest absolute Gasteiger partial charge is 0.716 e. The van der Waals surface area contributed by atoms with E-state index in [-0.39, 0.29) is 6.99 Å². The van der Waals surface area contributed by atoms with Crippen LogP contribution in [0.1, 0.15) is 1.43 Å². The molecule has 0 amide bonds. The highest BCUT2D eigenvalue weighted by molar-refractivity contribution is 7.81. The van der Waals surface area contributed by atoms with Crippen LogP contribution in [-0.4, -0.2) is 33.4 Å². The third kappa shape index (κ3) is 3.08. The molecule has 0 fully saturated rings. The number of phenolic OH excluding ortho intramolecular Hbond substituents is 3. The summed E-state index contributed by atoms with van der Waals surface area (Å²) in [6.45, 7) is 0. The molecule has 0 spiro atoms. The molecule has 10 nitrogen and oxygen atoms in total. The van der Waals surface area contributed by atoms with Crippen LogP contribution >= 0.6 is 0 Å². The van der Waals surface area contributed by atoms with E-state index >= 15 is 0 Å². The van der Waals surface area contributed by atoms with Crippen molar-refractivity contribution in [2.45, 2.75) is 0 Å². The van der Waals surface area contributed by atoms with Crippen LogP contribution in [0, 0.1) is 0 Å². The van der Waals surface area contributed by atoms with Crippen LogP contribution < -0.4 is 9.61 Å². The summed E-state index contributed by atoms with van der Waals surface area (Å²) in [6, 6.07) is 4.85. The number of aromatic hydroxyl groups is 4. The van der Waals surface area contributed by atoms with Gasteiger partial charge >= 0.3 is 1.43 Å². The lowest BCUT2D eigenvalue weighted by atomic mass is 10.1. The van der Waals surface area contributed by atoms with E-state index in [1.165, 1.54) is 6.07 Å². The van der Waals surface area contributed by atoms with Gasteiger partial charge in [-0.05, 0) is 18.2 Å². The molecule has 0 aliphatic rings. The van der Waals surface area contributed by atoms with Gasteiger partial charge in [0, 0.05) is 17.7 Å². The fourth-order valence-corrected chi connectivity index (χ4v) is 2.62. The highest BCUT2D eigenvalue weighted by Crippen LogP contribution is 2.37. The van der Waals surface area contributed by atoms with Crippen LogP contribution in [0.25, 0.3) is 22.3 Å². The first kappa shape index (κ1) is 17.4. The molecule has 1 heterocycles. The highest BCUT2D eigenvalue weighted by atomic mass is 32.3. The first-order valence-electron chi connectivity index (χ1n) is 6.77. The molecule has 1 aromatic heterocycles.